The molecular weight excluding hydrogens is 388 g/mol. The Bertz CT molecular complexity index is 1110. The molecule has 2 aromatic carbocycles. The van der Waals surface area contributed by atoms with Crippen molar-refractivity contribution >= 4 is 21.6 Å². The number of benzene rings is 2. The maximum Gasteiger partial charge on any atom is 0.241 e. The summed E-state index contributed by atoms with van der Waals surface area (Å²) in [5, 5.41) is 2.62. The van der Waals surface area contributed by atoms with Gasteiger partial charge in [0.15, 0.2) is 0 Å². The highest BCUT2D eigenvalue weighted by molar-refractivity contribution is 7.89. The van der Waals surface area contributed by atoms with Gasteiger partial charge in [-0.25, -0.2) is 18.1 Å². The third-order valence-electron chi connectivity index (χ3n) is 4.51. The third kappa shape index (κ3) is 4.90. The van der Waals surface area contributed by atoms with Gasteiger partial charge in [0.1, 0.15) is 5.82 Å². The number of carbonyl (C=O) groups excluding carboxylic acids is 1. The Kier molecular flexibility index (Phi) is 6.14. The second kappa shape index (κ2) is 8.59. The van der Waals surface area contributed by atoms with Crippen molar-refractivity contribution in [3.63, 3.8) is 0 Å². The molecule has 1 unspecified atom stereocenters. The van der Waals surface area contributed by atoms with Gasteiger partial charge in [0.2, 0.25) is 15.9 Å². The van der Waals surface area contributed by atoms with E-state index in [1.165, 1.54) is 13.0 Å². The lowest BCUT2D eigenvalue weighted by molar-refractivity contribution is -0.114. The number of imidazole rings is 1. The SMILES string of the molecule is CCC(NS(=O)(=O)c1cc(NC(C)=O)ccc1C)c1ncc(-c2ccccc2)[nH]1. The molecular formula is C21H24N4O3S. The molecule has 3 rings (SSSR count). The van der Waals surface area contributed by atoms with Crippen LogP contribution in [0.5, 0.6) is 0 Å². The van der Waals surface area contributed by atoms with Crippen LogP contribution in [0.1, 0.15) is 37.7 Å². The second-order valence-electron chi connectivity index (χ2n) is 6.79. The summed E-state index contributed by atoms with van der Waals surface area (Å²) >= 11 is 0. The van der Waals surface area contributed by atoms with Crippen LogP contribution in [0.25, 0.3) is 11.3 Å². The van der Waals surface area contributed by atoms with E-state index < -0.39 is 16.1 Å². The first kappa shape index (κ1) is 20.8. The number of aromatic nitrogens is 2. The lowest BCUT2D eigenvalue weighted by atomic mass is 10.2. The lowest BCUT2D eigenvalue weighted by Crippen LogP contribution is -2.29. The van der Waals surface area contributed by atoms with Crippen molar-refractivity contribution in [1.29, 1.82) is 0 Å². The molecule has 7 nitrogen and oxygen atoms in total. The van der Waals surface area contributed by atoms with Gasteiger partial charge >= 0.3 is 0 Å². The number of hydrogen-bond acceptors (Lipinski definition) is 4. The van der Waals surface area contributed by atoms with Gasteiger partial charge in [-0.3, -0.25) is 4.79 Å². The van der Waals surface area contributed by atoms with Crippen LogP contribution in [0.3, 0.4) is 0 Å². The first-order valence-corrected chi connectivity index (χ1v) is 10.8. The van der Waals surface area contributed by atoms with Gasteiger partial charge in [-0.05, 0) is 36.6 Å². The summed E-state index contributed by atoms with van der Waals surface area (Å²) in [5.74, 6) is 0.284. The van der Waals surface area contributed by atoms with Gasteiger partial charge in [0, 0.05) is 12.6 Å². The van der Waals surface area contributed by atoms with Crippen LogP contribution >= 0.6 is 0 Å². The minimum Gasteiger partial charge on any atom is -0.341 e. The Morgan fingerprint density at radius 1 is 1.17 bits per heavy atom. The van der Waals surface area contributed by atoms with E-state index >= 15 is 0 Å². The summed E-state index contributed by atoms with van der Waals surface area (Å²) in [5.41, 5.74) is 2.82. The minimum atomic E-state index is -3.83. The van der Waals surface area contributed by atoms with Gasteiger partial charge in [-0.15, -0.1) is 0 Å². The summed E-state index contributed by atoms with van der Waals surface area (Å²) in [7, 11) is -3.83. The fraction of sp³-hybridized carbons (Fsp3) is 0.238. The van der Waals surface area contributed by atoms with Crippen LogP contribution in [0.2, 0.25) is 0 Å². The monoisotopic (exact) mass is 412 g/mol. The quantitative estimate of drug-likeness (QED) is 0.549. The van der Waals surface area contributed by atoms with Gasteiger partial charge in [-0.2, -0.15) is 0 Å². The number of rotatable bonds is 7. The summed E-state index contributed by atoms with van der Waals surface area (Å²) < 4.78 is 28.8. The van der Waals surface area contributed by atoms with Crippen molar-refractivity contribution in [2.24, 2.45) is 0 Å². The van der Waals surface area contributed by atoms with Crippen molar-refractivity contribution in [2.75, 3.05) is 5.32 Å². The van der Waals surface area contributed by atoms with E-state index in [4.69, 9.17) is 0 Å². The Balaban J connectivity index is 1.87. The third-order valence-corrected chi connectivity index (χ3v) is 6.13. The molecule has 1 aromatic heterocycles. The molecule has 0 aliphatic heterocycles. The molecule has 0 saturated heterocycles. The highest BCUT2D eigenvalue weighted by Gasteiger charge is 2.24. The number of hydrogen-bond donors (Lipinski definition) is 3. The molecule has 29 heavy (non-hydrogen) atoms. The Hall–Kier alpha value is -2.97. The number of aryl methyl sites for hydroxylation is 1. The van der Waals surface area contributed by atoms with E-state index in [0.29, 0.717) is 23.5 Å². The van der Waals surface area contributed by atoms with Gasteiger partial charge in [0.05, 0.1) is 22.8 Å². The maximum absolute atomic E-state index is 13.0. The minimum absolute atomic E-state index is 0.122. The molecule has 0 aliphatic carbocycles. The molecule has 3 aromatic rings. The molecule has 0 fully saturated rings. The predicted octanol–water partition coefficient (Wildman–Crippen LogP) is 3.77. The molecule has 0 bridgehead atoms. The Labute approximate surface area is 170 Å². The second-order valence-corrected chi connectivity index (χ2v) is 8.47. The molecule has 3 N–H and O–H groups in total. The molecule has 1 atom stereocenters. The maximum atomic E-state index is 13.0. The van der Waals surface area contributed by atoms with E-state index in [-0.39, 0.29) is 10.8 Å². The molecule has 152 valence electrons. The molecule has 0 spiro atoms. The molecule has 0 saturated carbocycles. The molecule has 8 heteroatoms. The zero-order valence-corrected chi connectivity index (χ0v) is 17.4. The lowest BCUT2D eigenvalue weighted by Gasteiger charge is -2.17. The number of amides is 1. The summed E-state index contributed by atoms with van der Waals surface area (Å²) in [4.78, 5) is 19.0. The Morgan fingerprint density at radius 2 is 1.90 bits per heavy atom. The average molecular weight is 413 g/mol. The van der Waals surface area contributed by atoms with E-state index in [9.17, 15) is 13.2 Å². The van der Waals surface area contributed by atoms with Crippen molar-refractivity contribution in [3.8, 4) is 11.3 Å². The van der Waals surface area contributed by atoms with Gasteiger partial charge in [0.25, 0.3) is 0 Å². The predicted molar refractivity (Wildman–Crippen MR) is 113 cm³/mol. The normalized spacial score (nSPS) is 12.5. The van der Waals surface area contributed by atoms with Gasteiger partial charge in [-0.1, -0.05) is 43.3 Å². The van der Waals surface area contributed by atoms with Crippen LogP contribution < -0.4 is 10.0 Å². The number of aromatic amines is 1. The number of carbonyl (C=O) groups is 1. The average Bonchev–Trinajstić information content (AvgIpc) is 3.18. The van der Waals surface area contributed by atoms with Crippen LogP contribution in [-0.4, -0.2) is 24.3 Å². The number of sulfonamides is 1. The van der Waals surface area contributed by atoms with Crippen molar-refractivity contribution in [2.45, 2.75) is 38.1 Å². The number of anilines is 1. The number of H-pyrrole nitrogens is 1. The zero-order valence-electron chi connectivity index (χ0n) is 16.6. The molecule has 0 aliphatic rings. The van der Waals surface area contributed by atoms with E-state index in [0.717, 1.165) is 11.3 Å². The van der Waals surface area contributed by atoms with Crippen molar-refractivity contribution in [3.05, 3.63) is 66.1 Å². The van der Waals surface area contributed by atoms with Crippen LogP contribution in [-0.2, 0) is 14.8 Å². The van der Waals surface area contributed by atoms with Crippen molar-refractivity contribution in [1.82, 2.24) is 14.7 Å². The molecule has 1 heterocycles. The van der Waals surface area contributed by atoms with E-state index in [2.05, 4.69) is 20.0 Å². The first-order chi connectivity index (χ1) is 13.8. The first-order valence-electron chi connectivity index (χ1n) is 9.31. The van der Waals surface area contributed by atoms with E-state index in [1.54, 1.807) is 25.3 Å². The van der Waals surface area contributed by atoms with Crippen LogP contribution in [0, 0.1) is 6.92 Å². The van der Waals surface area contributed by atoms with Crippen molar-refractivity contribution < 1.29 is 13.2 Å². The zero-order chi connectivity index (χ0) is 21.0. The summed E-state index contributed by atoms with van der Waals surface area (Å²) in [6, 6.07) is 14.0. The van der Waals surface area contributed by atoms with Crippen LogP contribution in [0.15, 0.2) is 59.6 Å². The fourth-order valence-corrected chi connectivity index (χ4v) is 4.59. The van der Waals surface area contributed by atoms with E-state index in [1.807, 2.05) is 37.3 Å². The largest absolute Gasteiger partial charge is 0.341 e. The number of nitrogens with one attached hydrogen (secondary N) is 3. The molecule has 1 amide bonds. The van der Waals surface area contributed by atoms with Crippen LogP contribution in [0.4, 0.5) is 5.69 Å². The fourth-order valence-electron chi connectivity index (χ4n) is 3.03. The van der Waals surface area contributed by atoms with Gasteiger partial charge < -0.3 is 10.3 Å². The highest BCUT2D eigenvalue weighted by atomic mass is 32.2. The Morgan fingerprint density at radius 3 is 2.55 bits per heavy atom. The topological polar surface area (TPSA) is 104 Å². The number of nitrogens with zero attached hydrogens (tertiary/aromatic N) is 1. The highest BCUT2D eigenvalue weighted by Crippen LogP contribution is 2.25. The smallest absolute Gasteiger partial charge is 0.241 e. The molecule has 0 radical (unpaired) electrons. The standard InChI is InChI=1S/C21H24N4O3S/c1-4-18(21-22-13-19(24-21)16-8-6-5-7-9-16)25-29(27,28)20-12-17(23-15(3)26)11-10-14(20)2/h5-13,18,25H,4H2,1-3H3,(H,22,24)(H,23,26). The summed E-state index contributed by atoms with van der Waals surface area (Å²) in [6.45, 7) is 4.98. The summed E-state index contributed by atoms with van der Waals surface area (Å²) in [6.07, 6.45) is 2.22.